The van der Waals surface area contributed by atoms with Crippen molar-refractivity contribution in [2.45, 2.75) is 39.7 Å². The van der Waals surface area contributed by atoms with Crippen molar-refractivity contribution in [1.29, 1.82) is 0 Å². The molecule has 1 atom stereocenters. The molecular formula is C16H37IN4O3S. The summed E-state index contributed by atoms with van der Waals surface area (Å²) in [6.45, 7) is 11.1. The van der Waals surface area contributed by atoms with Gasteiger partial charge in [0.05, 0.1) is 19.0 Å². The van der Waals surface area contributed by atoms with Gasteiger partial charge in [-0.3, -0.25) is 4.99 Å². The fourth-order valence-electron chi connectivity index (χ4n) is 2.22. The van der Waals surface area contributed by atoms with Gasteiger partial charge in [-0.2, -0.15) is 0 Å². The van der Waals surface area contributed by atoms with E-state index in [9.17, 15) is 8.42 Å². The molecule has 0 aromatic rings. The molecule has 0 amide bonds. The Bertz CT molecular complexity index is 443. The van der Waals surface area contributed by atoms with Crippen molar-refractivity contribution >= 4 is 39.8 Å². The number of ether oxygens (including phenoxy) is 1. The van der Waals surface area contributed by atoms with Gasteiger partial charge in [-0.15, -0.1) is 24.0 Å². The summed E-state index contributed by atoms with van der Waals surface area (Å²) in [5, 5.41) is 6.53. The molecule has 0 aliphatic carbocycles. The highest BCUT2D eigenvalue weighted by Crippen LogP contribution is 1.99. The Morgan fingerprint density at radius 1 is 1.24 bits per heavy atom. The van der Waals surface area contributed by atoms with E-state index in [2.05, 4.69) is 41.3 Å². The van der Waals surface area contributed by atoms with E-state index in [0.29, 0.717) is 19.2 Å². The zero-order valence-corrected chi connectivity index (χ0v) is 19.5. The van der Waals surface area contributed by atoms with Gasteiger partial charge in [0, 0.05) is 25.9 Å². The molecule has 0 radical (unpaired) electrons. The molecule has 0 aliphatic rings. The maximum Gasteiger partial charge on any atom is 0.191 e. The second-order valence-corrected chi connectivity index (χ2v) is 8.22. The summed E-state index contributed by atoms with van der Waals surface area (Å²) in [7, 11) is -1.21. The number of nitrogens with zero attached hydrogens (tertiary/aromatic N) is 2. The maximum absolute atomic E-state index is 11.0. The van der Waals surface area contributed by atoms with E-state index >= 15 is 0 Å². The predicted molar refractivity (Wildman–Crippen MR) is 117 cm³/mol. The molecule has 0 aliphatic heterocycles. The molecular weight excluding hydrogens is 455 g/mol. The first-order valence-electron chi connectivity index (χ1n) is 8.77. The Hall–Kier alpha value is -0.130. The lowest BCUT2D eigenvalue weighted by atomic mass is 10.2. The molecule has 152 valence electrons. The molecule has 0 rings (SSSR count). The van der Waals surface area contributed by atoms with Gasteiger partial charge in [0.25, 0.3) is 0 Å². The van der Waals surface area contributed by atoms with Crippen LogP contribution in [0.2, 0.25) is 0 Å². The van der Waals surface area contributed by atoms with Crippen molar-refractivity contribution in [3.05, 3.63) is 0 Å². The minimum atomic E-state index is -2.95. The highest BCUT2D eigenvalue weighted by atomic mass is 127. The third-order valence-corrected chi connectivity index (χ3v) is 4.66. The Morgan fingerprint density at radius 3 is 2.40 bits per heavy atom. The molecule has 0 bridgehead atoms. The molecule has 0 aromatic carbocycles. The van der Waals surface area contributed by atoms with E-state index in [-0.39, 0.29) is 36.3 Å². The molecule has 7 nitrogen and oxygen atoms in total. The highest BCUT2D eigenvalue weighted by Gasteiger charge is 2.06. The number of hydrogen-bond donors (Lipinski definition) is 2. The summed E-state index contributed by atoms with van der Waals surface area (Å²) in [4.78, 5) is 6.62. The van der Waals surface area contributed by atoms with Gasteiger partial charge in [0.2, 0.25) is 0 Å². The van der Waals surface area contributed by atoms with Crippen LogP contribution in [0.4, 0.5) is 0 Å². The first-order chi connectivity index (χ1) is 11.3. The molecule has 0 spiro atoms. The van der Waals surface area contributed by atoms with Crippen molar-refractivity contribution < 1.29 is 13.2 Å². The second-order valence-electron chi connectivity index (χ2n) is 5.96. The smallest absolute Gasteiger partial charge is 0.191 e. The number of rotatable bonds is 13. The van der Waals surface area contributed by atoms with Gasteiger partial charge in [-0.25, -0.2) is 8.42 Å². The van der Waals surface area contributed by atoms with Crippen molar-refractivity contribution in [2.75, 3.05) is 58.4 Å². The standard InChI is InChI=1S/C16H36N4O3S.HI/c1-6-20(7-2)11-8-9-15(3)19-16(17-4)18-10-12-23-13-14-24(5,21)22;/h15H,6-14H2,1-5H3,(H2,17,18,19);1H. The van der Waals surface area contributed by atoms with Crippen LogP contribution in [0.3, 0.4) is 0 Å². The van der Waals surface area contributed by atoms with E-state index in [1.807, 2.05) is 0 Å². The van der Waals surface area contributed by atoms with Gasteiger partial charge in [0.1, 0.15) is 9.84 Å². The number of nitrogens with one attached hydrogen (secondary N) is 2. The monoisotopic (exact) mass is 492 g/mol. The average molecular weight is 492 g/mol. The van der Waals surface area contributed by atoms with Gasteiger partial charge in [-0.1, -0.05) is 13.8 Å². The van der Waals surface area contributed by atoms with E-state index in [0.717, 1.165) is 38.4 Å². The van der Waals surface area contributed by atoms with Crippen LogP contribution in [0.1, 0.15) is 33.6 Å². The van der Waals surface area contributed by atoms with Gasteiger partial charge >= 0.3 is 0 Å². The molecule has 0 aromatic heterocycles. The predicted octanol–water partition coefficient (Wildman–Crippen LogP) is 1.34. The van der Waals surface area contributed by atoms with Crippen LogP contribution in [-0.4, -0.2) is 83.8 Å². The molecule has 0 heterocycles. The second kappa shape index (κ2) is 16.1. The molecule has 1 unspecified atom stereocenters. The topological polar surface area (TPSA) is 83.0 Å². The van der Waals surface area contributed by atoms with Gasteiger partial charge in [0.15, 0.2) is 5.96 Å². The van der Waals surface area contributed by atoms with Crippen molar-refractivity contribution in [2.24, 2.45) is 4.99 Å². The Labute approximate surface area is 171 Å². The fourth-order valence-corrected chi connectivity index (χ4v) is 2.64. The maximum atomic E-state index is 11.0. The largest absolute Gasteiger partial charge is 0.379 e. The average Bonchev–Trinajstić information content (AvgIpc) is 2.52. The van der Waals surface area contributed by atoms with Crippen LogP contribution < -0.4 is 10.6 Å². The summed E-state index contributed by atoms with van der Waals surface area (Å²) in [5.74, 6) is 0.806. The molecule has 9 heteroatoms. The van der Waals surface area contributed by atoms with Crippen LogP contribution in [-0.2, 0) is 14.6 Å². The van der Waals surface area contributed by atoms with Crippen LogP contribution in [0.25, 0.3) is 0 Å². The van der Waals surface area contributed by atoms with Crippen LogP contribution >= 0.6 is 24.0 Å². The van der Waals surface area contributed by atoms with E-state index in [1.165, 1.54) is 6.26 Å². The summed E-state index contributed by atoms with van der Waals surface area (Å²) in [5.41, 5.74) is 0. The number of hydrogen-bond acceptors (Lipinski definition) is 5. The third-order valence-electron chi connectivity index (χ3n) is 3.75. The normalized spacial score (nSPS) is 13.4. The van der Waals surface area contributed by atoms with Gasteiger partial charge in [-0.05, 0) is 39.4 Å². The lowest BCUT2D eigenvalue weighted by molar-refractivity contribution is 0.154. The highest BCUT2D eigenvalue weighted by molar-refractivity contribution is 14.0. The minimum absolute atomic E-state index is 0. The zero-order chi connectivity index (χ0) is 18.4. The van der Waals surface area contributed by atoms with Crippen molar-refractivity contribution in [3.63, 3.8) is 0 Å². The van der Waals surface area contributed by atoms with Crippen molar-refractivity contribution in [1.82, 2.24) is 15.5 Å². The molecule has 25 heavy (non-hydrogen) atoms. The fraction of sp³-hybridized carbons (Fsp3) is 0.938. The number of sulfone groups is 1. The molecule has 0 saturated carbocycles. The van der Waals surface area contributed by atoms with Crippen LogP contribution in [0, 0.1) is 0 Å². The number of aliphatic imine (C=N–C) groups is 1. The number of halogens is 1. The summed E-state index contributed by atoms with van der Waals surface area (Å²) in [6.07, 6.45) is 3.45. The summed E-state index contributed by atoms with van der Waals surface area (Å²) >= 11 is 0. The molecule has 0 fully saturated rings. The lowest BCUT2D eigenvalue weighted by Gasteiger charge is -2.21. The molecule has 0 saturated heterocycles. The first kappa shape index (κ1) is 27.1. The summed E-state index contributed by atoms with van der Waals surface area (Å²) < 4.78 is 27.3. The Kier molecular flexibility index (Phi) is 17.4. The van der Waals surface area contributed by atoms with Crippen molar-refractivity contribution in [3.8, 4) is 0 Å². The van der Waals surface area contributed by atoms with Crippen LogP contribution in [0.5, 0.6) is 0 Å². The van der Waals surface area contributed by atoms with Crippen LogP contribution in [0.15, 0.2) is 4.99 Å². The van der Waals surface area contributed by atoms with E-state index in [1.54, 1.807) is 7.05 Å². The zero-order valence-electron chi connectivity index (χ0n) is 16.4. The van der Waals surface area contributed by atoms with Gasteiger partial charge < -0.3 is 20.3 Å². The molecule has 2 N–H and O–H groups in total. The summed E-state index contributed by atoms with van der Waals surface area (Å²) in [6, 6.07) is 0.345. The Balaban J connectivity index is 0. The minimum Gasteiger partial charge on any atom is -0.379 e. The lowest BCUT2D eigenvalue weighted by Crippen LogP contribution is -2.43. The first-order valence-corrected chi connectivity index (χ1v) is 10.8. The number of guanidine groups is 1. The SMILES string of the molecule is CCN(CC)CCCC(C)NC(=NC)NCCOCCS(C)(=O)=O.I. The Morgan fingerprint density at radius 2 is 1.88 bits per heavy atom. The van der Waals surface area contributed by atoms with E-state index < -0.39 is 9.84 Å². The van der Waals surface area contributed by atoms with E-state index in [4.69, 9.17) is 4.74 Å². The quantitative estimate of drug-likeness (QED) is 0.175. The third kappa shape index (κ3) is 17.1.